The lowest BCUT2D eigenvalue weighted by Gasteiger charge is -2.14. The lowest BCUT2D eigenvalue weighted by atomic mass is 9.96. The SMILES string of the molecule is COCCOCCC(CO)Cc1cccc(C)c1. The zero-order valence-electron chi connectivity index (χ0n) is 11.4. The lowest BCUT2D eigenvalue weighted by molar-refractivity contribution is 0.0588. The predicted octanol–water partition coefficient (Wildman–Crippen LogP) is 2.20. The highest BCUT2D eigenvalue weighted by molar-refractivity contribution is 5.22. The summed E-state index contributed by atoms with van der Waals surface area (Å²) in [6.07, 6.45) is 1.79. The van der Waals surface area contributed by atoms with Crippen LogP contribution in [0.5, 0.6) is 0 Å². The van der Waals surface area contributed by atoms with Crippen molar-refractivity contribution in [3.8, 4) is 0 Å². The van der Waals surface area contributed by atoms with Crippen molar-refractivity contribution in [1.29, 1.82) is 0 Å². The first kappa shape index (κ1) is 15.2. The van der Waals surface area contributed by atoms with Gasteiger partial charge in [0.2, 0.25) is 0 Å². The summed E-state index contributed by atoms with van der Waals surface area (Å²) in [6.45, 7) is 4.23. The second-order valence-electron chi connectivity index (χ2n) is 4.64. The van der Waals surface area contributed by atoms with Crippen molar-refractivity contribution in [1.82, 2.24) is 0 Å². The molecule has 0 aliphatic rings. The first-order valence-corrected chi connectivity index (χ1v) is 6.49. The molecular weight excluding hydrogens is 228 g/mol. The Morgan fingerprint density at radius 1 is 1.22 bits per heavy atom. The van der Waals surface area contributed by atoms with Gasteiger partial charge in [0, 0.05) is 20.3 Å². The van der Waals surface area contributed by atoms with E-state index in [1.54, 1.807) is 7.11 Å². The number of benzene rings is 1. The van der Waals surface area contributed by atoms with Gasteiger partial charge in [0.1, 0.15) is 0 Å². The minimum atomic E-state index is 0.210. The molecule has 0 fully saturated rings. The van der Waals surface area contributed by atoms with Crippen LogP contribution in [0.4, 0.5) is 0 Å². The lowest BCUT2D eigenvalue weighted by Crippen LogP contribution is -2.14. The Bertz CT molecular complexity index is 325. The fourth-order valence-corrected chi connectivity index (χ4v) is 1.92. The smallest absolute Gasteiger partial charge is 0.0700 e. The number of rotatable bonds is 9. The van der Waals surface area contributed by atoms with E-state index in [2.05, 4.69) is 31.2 Å². The van der Waals surface area contributed by atoms with Crippen LogP contribution in [0.15, 0.2) is 24.3 Å². The van der Waals surface area contributed by atoms with Crippen molar-refractivity contribution in [2.45, 2.75) is 19.8 Å². The fraction of sp³-hybridized carbons (Fsp3) is 0.600. The largest absolute Gasteiger partial charge is 0.396 e. The second-order valence-corrected chi connectivity index (χ2v) is 4.64. The molecule has 3 nitrogen and oxygen atoms in total. The van der Waals surface area contributed by atoms with Crippen LogP contribution in [0.3, 0.4) is 0 Å². The van der Waals surface area contributed by atoms with Crippen LogP contribution >= 0.6 is 0 Å². The highest BCUT2D eigenvalue weighted by Gasteiger charge is 2.08. The average Bonchev–Trinajstić information content (AvgIpc) is 2.37. The van der Waals surface area contributed by atoms with Crippen LogP contribution in [0.25, 0.3) is 0 Å². The van der Waals surface area contributed by atoms with Crippen LogP contribution in [-0.2, 0) is 15.9 Å². The molecule has 0 spiro atoms. The number of hydrogen-bond acceptors (Lipinski definition) is 3. The summed E-state index contributed by atoms with van der Waals surface area (Å²) in [5, 5.41) is 9.38. The molecule has 0 aliphatic carbocycles. The van der Waals surface area contributed by atoms with Gasteiger partial charge in [-0.3, -0.25) is 0 Å². The molecular formula is C15H24O3. The fourth-order valence-electron chi connectivity index (χ4n) is 1.92. The Labute approximate surface area is 110 Å². The Hall–Kier alpha value is -0.900. The number of aliphatic hydroxyl groups is 1. The van der Waals surface area contributed by atoms with E-state index in [1.807, 2.05) is 0 Å². The number of aryl methyl sites for hydroxylation is 1. The maximum atomic E-state index is 9.38. The van der Waals surface area contributed by atoms with Gasteiger partial charge in [0.05, 0.1) is 13.2 Å². The van der Waals surface area contributed by atoms with Gasteiger partial charge in [-0.2, -0.15) is 0 Å². The molecule has 1 rings (SSSR count). The molecule has 0 aliphatic heterocycles. The van der Waals surface area contributed by atoms with Gasteiger partial charge in [0.25, 0.3) is 0 Å². The molecule has 1 aromatic carbocycles. The van der Waals surface area contributed by atoms with E-state index < -0.39 is 0 Å². The van der Waals surface area contributed by atoms with E-state index in [0.717, 1.165) is 12.8 Å². The van der Waals surface area contributed by atoms with Crippen molar-refractivity contribution in [2.75, 3.05) is 33.5 Å². The number of aliphatic hydroxyl groups excluding tert-OH is 1. The summed E-state index contributed by atoms with van der Waals surface area (Å²) in [6, 6.07) is 8.44. The van der Waals surface area contributed by atoms with Gasteiger partial charge in [-0.15, -0.1) is 0 Å². The van der Waals surface area contributed by atoms with Gasteiger partial charge in [-0.05, 0) is 31.2 Å². The summed E-state index contributed by atoms with van der Waals surface area (Å²) in [7, 11) is 1.66. The Morgan fingerprint density at radius 2 is 2.06 bits per heavy atom. The van der Waals surface area contributed by atoms with Gasteiger partial charge in [-0.25, -0.2) is 0 Å². The number of methoxy groups -OCH3 is 1. The van der Waals surface area contributed by atoms with E-state index in [-0.39, 0.29) is 12.5 Å². The number of ether oxygens (including phenoxy) is 2. The molecule has 0 aromatic heterocycles. The van der Waals surface area contributed by atoms with Gasteiger partial charge >= 0.3 is 0 Å². The van der Waals surface area contributed by atoms with Crippen LogP contribution in [0.1, 0.15) is 17.5 Å². The Balaban J connectivity index is 2.28. The molecule has 3 heteroatoms. The summed E-state index contributed by atoms with van der Waals surface area (Å²) >= 11 is 0. The maximum Gasteiger partial charge on any atom is 0.0700 e. The molecule has 102 valence electrons. The average molecular weight is 252 g/mol. The second kappa shape index (κ2) is 9.09. The third-order valence-corrected chi connectivity index (χ3v) is 2.97. The highest BCUT2D eigenvalue weighted by Crippen LogP contribution is 2.13. The van der Waals surface area contributed by atoms with E-state index >= 15 is 0 Å². The molecule has 1 atom stereocenters. The first-order valence-electron chi connectivity index (χ1n) is 6.49. The third kappa shape index (κ3) is 6.15. The van der Waals surface area contributed by atoms with Crippen molar-refractivity contribution in [3.63, 3.8) is 0 Å². The first-order chi connectivity index (χ1) is 8.76. The van der Waals surface area contributed by atoms with Crippen molar-refractivity contribution in [3.05, 3.63) is 35.4 Å². The molecule has 0 saturated carbocycles. The maximum absolute atomic E-state index is 9.38. The van der Waals surface area contributed by atoms with Crippen LogP contribution < -0.4 is 0 Å². The molecule has 0 radical (unpaired) electrons. The standard InChI is InChI=1S/C15H24O3/c1-13-4-3-5-14(10-13)11-15(12-16)6-7-18-9-8-17-2/h3-5,10,15-16H,6-9,11-12H2,1-2H3. The predicted molar refractivity (Wildman–Crippen MR) is 72.8 cm³/mol. The summed E-state index contributed by atoms with van der Waals surface area (Å²) in [5.41, 5.74) is 2.55. The van der Waals surface area contributed by atoms with E-state index in [1.165, 1.54) is 11.1 Å². The van der Waals surface area contributed by atoms with E-state index in [0.29, 0.717) is 19.8 Å². The minimum Gasteiger partial charge on any atom is -0.396 e. The van der Waals surface area contributed by atoms with Gasteiger partial charge < -0.3 is 14.6 Å². The molecule has 0 bridgehead atoms. The zero-order valence-corrected chi connectivity index (χ0v) is 11.4. The summed E-state index contributed by atoms with van der Waals surface area (Å²) < 4.78 is 10.3. The summed E-state index contributed by atoms with van der Waals surface area (Å²) in [4.78, 5) is 0. The topological polar surface area (TPSA) is 38.7 Å². The van der Waals surface area contributed by atoms with Crippen molar-refractivity contribution in [2.24, 2.45) is 5.92 Å². The van der Waals surface area contributed by atoms with Crippen molar-refractivity contribution < 1.29 is 14.6 Å². The van der Waals surface area contributed by atoms with Gasteiger partial charge in [0.15, 0.2) is 0 Å². The molecule has 18 heavy (non-hydrogen) atoms. The molecule has 1 N–H and O–H groups in total. The summed E-state index contributed by atoms with van der Waals surface area (Å²) in [5.74, 6) is 0.273. The number of hydrogen-bond donors (Lipinski definition) is 1. The Kier molecular flexibility index (Phi) is 7.65. The van der Waals surface area contributed by atoms with Crippen molar-refractivity contribution >= 4 is 0 Å². The van der Waals surface area contributed by atoms with E-state index in [4.69, 9.17) is 9.47 Å². The highest BCUT2D eigenvalue weighted by atomic mass is 16.5. The molecule has 0 saturated heterocycles. The van der Waals surface area contributed by atoms with E-state index in [9.17, 15) is 5.11 Å². The zero-order chi connectivity index (χ0) is 13.2. The van der Waals surface area contributed by atoms with Gasteiger partial charge in [-0.1, -0.05) is 29.8 Å². The molecule has 1 aromatic rings. The monoisotopic (exact) mass is 252 g/mol. The molecule has 0 amide bonds. The van der Waals surface area contributed by atoms with Crippen LogP contribution in [0, 0.1) is 12.8 Å². The Morgan fingerprint density at radius 3 is 2.72 bits per heavy atom. The minimum absolute atomic E-state index is 0.210. The molecule has 1 unspecified atom stereocenters. The third-order valence-electron chi connectivity index (χ3n) is 2.97. The normalized spacial score (nSPS) is 12.6. The quantitative estimate of drug-likeness (QED) is 0.685. The van der Waals surface area contributed by atoms with Crippen LogP contribution in [-0.4, -0.2) is 38.6 Å². The molecule has 0 heterocycles. The van der Waals surface area contributed by atoms with Crippen LogP contribution in [0.2, 0.25) is 0 Å².